The number of urea groups is 1. The Labute approximate surface area is 139 Å². The minimum Gasteiger partial charge on any atom is -0.338 e. The molecule has 0 spiro atoms. The molecule has 0 aliphatic rings. The van der Waals surface area contributed by atoms with Crippen molar-refractivity contribution in [3.8, 4) is 0 Å². The number of carbonyl (C=O) groups is 1. The number of carbonyl (C=O) groups excluding carboxylic acids is 1. The van der Waals surface area contributed by atoms with E-state index in [1.807, 2.05) is 4.90 Å². The van der Waals surface area contributed by atoms with Crippen LogP contribution in [0.5, 0.6) is 0 Å². The third kappa shape index (κ3) is 13.0. The zero-order valence-electron chi connectivity index (χ0n) is 15.5. The van der Waals surface area contributed by atoms with Crippen molar-refractivity contribution in [3.05, 3.63) is 0 Å². The van der Waals surface area contributed by atoms with Gasteiger partial charge in [0.25, 0.3) is 0 Å². The van der Waals surface area contributed by atoms with Gasteiger partial charge in [-0.15, -0.1) is 0 Å². The summed E-state index contributed by atoms with van der Waals surface area (Å²) in [6, 6.07) is 0.143. The van der Waals surface area contributed by atoms with Gasteiger partial charge in [-0.25, -0.2) is 4.79 Å². The molecule has 3 nitrogen and oxygen atoms in total. The van der Waals surface area contributed by atoms with E-state index in [1.165, 1.54) is 44.9 Å². The van der Waals surface area contributed by atoms with E-state index >= 15 is 0 Å². The Morgan fingerprint density at radius 2 is 1.14 bits per heavy atom. The standard InChI is InChI=1S/C19H40N2O/c1-4-7-10-11-12-13-14-15-16-20-19(22)21(17-8-5-2)18-9-6-3/h4-18H2,1-3H3,(H,20,22). The quantitative estimate of drug-likeness (QED) is 0.384. The largest absolute Gasteiger partial charge is 0.338 e. The van der Waals surface area contributed by atoms with Crippen molar-refractivity contribution in [1.82, 2.24) is 10.2 Å². The first-order valence-electron chi connectivity index (χ1n) is 9.79. The fraction of sp³-hybridized carbons (Fsp3) is 0.947. The van der Waals surface area contributed by atoms with Gasteiger partial charge in [0.15, 0.2) is 0 Å². The fourth-order valence-corrected chi connectivity index (χ4v) is 2.58. The highest BCUT2D eigenvalue weighted by Gasteiger charge is 2.11. The van der Waals surface area contributed by atoms with Crippen LogP contribution in [-0.4, -0.2) is 30.6 Å². The first-order chi connectivity index (χ1) is 10.8. The Morgan fingerprint density at radius 3 is 1.64 bits per heavy atom. The molecule has 22 heavy (non-hydrogen) atoms. The van der Waals surface area contributed by atoms with Crippen molar-refractivity contribution in [1.29, 1.82) is 0 Å². The lowest BCUT2D eigenvalue weighted by Gasteiger charge is -2.22. The number of hydrogen-bond donors (Lipinski definition) is 1. The third-order valence-corrected chi connectivity index (χ3v) is 4.16. The summed E-state index contributed by atoms with van der Waals surface area (Å²) < 4.78 is 0. The Bertz CT molecular complexity index is 236. The highest BCUT2D eigenvalue weighted by atomic mass is 16.2. The van der Waals surface area contributed by atoms with Crippen molar-refractivity contribution in [2.45, 2.75) is 97.8 Å². The second kappa shape index (κ2) is 16.6. The van der Waals surface area contributed by atoms with Gasteiger partial charge in [-0.05, 0) is 19.3 Å². The van der Waals surface area contributed by atoms with E-state index in [0.717, 1.165) is 51.7 Å². The van der Waals surface area contributed by atoms with Crippen LogP contribution in [-0.2, 0) is 0 Å². The van der Waals surface area contributed by atoms with Crippen LogP contribution < -0.4 is 5.32 Å². The number of nitrogens with one attached hydrogen (secondary N) is 1. The number of hydrogen-bond acceptors (Lipinski definition) is 1. The van der Waals surface area contributed by atoms with Crippen LogP contribution in [0.3, 0.4) is 0 Å². The molecule has 0 fully saturated rings. The number of unbranched alkanes of at least 4 members (excludes halogenated alkanes) is 9. The average molecular weight is 313 g/mol. The minimum absolute atomic E-state index is 0.143. The lowest BCUT2D eigenvalue weighted by Crippen LogP contribution is -2.41. The lowest BCUT2D eigenvalue weighted by molar-refractivity contribution is 0.196. The van der Waals surface area contributed by atoms with E-state index in [0.29, 0.717) is 0 Å². The van der Waals surface area contributed by atoms with Crippen LogP contribution in [0, 0.1) is 0 Å². The number of amides is 2. The fourth-order valence-electron chi connectivity index (χ4n) is 2.58. The molecule has 2 amide bonds. The van der Waals surface area contributed by atoms with Gasteiger partial charge in [0.2, 0.25) is 0 Å². The summed E-state index contributed by atoms with van der Waals surface area (Å²) in [4.78, 5) is 14.2. The minimum atomic E-state index is 0.143. The van der Waals surface area contributed by atoms with Crippen LogP contribution in [0.4, 0.5) is 4.79 Å². The van der Waals surface area contributed by atoms with Crippen molar-refractivity contribution in [3.63, 3.8) is 0 Å². The Hall–Kier alpha value is -0.730. The van der Waals surface area contributed by atoms with Gasteiger partial charge in [0.05, 0.1) is 0 Å². The molecule has 0 aromatic rings. The molecule has 0 aliphatic heterocycles. The second-order valence-electron chi connectivity index (χ2n) is 6.40. The Kier molecular flexibility index (Phi) is 16.1. The van der Waals surface area contributed by atoms with Crippen molar-refractivity contribution in [2.75, 3.05) is 19.6 Å². The maximum atomic E-state index is 12.2. The summed E-state index contributed by atoms with van der Waals surface area (Å²) in [7, 11) is 0. The molecule has 0 aromatic carbocycles. The van der Waals surface area contributed by atoms with Crippen LogP contribution in [0.2, 0.25) is 0 Å². The second-order valence-corrected chi connectivity index (χ2v) is 6.40. The van der Waals surface area contributed by atoms with E-state index in [2.05, 4.69) is 26.1 Å². The molecule has 0 aliphatic carbocycles. The molecule has 0 saturated carbocycles. The first-order valence-corrected chi connectivity index (χ1v) is 9.79. The Morgan fingerprint density at radius 1 is 0.682 bits per heavy atom. The van der Waals surface area contributed by atoms with Crippen LogP contribution in [0.1, 0.15) is 97.8 Å². The normalized spacial score (nSPS) is 10.7. The highest BCUT2D eigenvalue weighted by Crippen LogP contribution is 2.08. The molecule has 0 rings (SSSR count). The van der Waals surface area contributed by atoms with E-state index in [9.17, 15) is 4.79 Å². The van der Waals surface area contributed by atoms with E-state index in [4.69, 9.17) is 0 Å². The van der Waals surface area contributed by atoms with Gasteiger partial charge in [-0.1, -0.05) is 78.6 Å². The molecule has 3 heteroatoms. The molecular weight excluding hydrogens is 272 g/mol. The Balaban J connectivity index is 3.61. The van der Waals surface area contributed by atoms with Crippen LogP contribution >= 0.6 is 0 Å². The number of nitrogens with zero attached hydrogens (tertiary/aromatic N) is 1. The van der Waals surface area contributed by atoms with Gasteiger partial charge in [-0.2, -0.15) is 0 Å². The van der Waals surface area contributed by atoms with Gasteiger partial charge >= 0.3 is 6.03 Å². The predicted molar refractivity (Wildman–Crippen MR) is 97.4 cm³/mol. The van der Waals surface area contributed by atoms with E-state index < -0.39 is 0 Å². The van der Waals surface area contributed by atoms with Crippen molar-refractivity contribution < 1.29 is 4.79 Å². The number of rotatable bonds is 15. The van der Waals surface area contributed by atoms with Crippen molar-refractivity contribution in [2.24, 2.45) is 0 Å². The van der Waals surface area contributed by atoms with Crippen LogP contribution in [0.15, 0.2) is 0 Å². The molecule has 0 bridgehead atoms. The van der Waals surface area contributed by atoms with E-state index in [-0.39, 0.29) is 6.03 Å². The van der Waals surface area contributed by atoms with Gasteiger partial charge < -0.3 is 10.2 Å². The summed E-state index contributed by atoms with van der Waals surface area (Å²) in [5.74, 6) is 0. The van der Waals surface area contributed by atoms with Gasteiger partial charge in [-0.3, -0.25) is 0 Å². The van der Waals surface area contributed by atoms with Gasteiger partial charge in [0, 0.05) is 19.6 Å². The summed E-state index contributed by atoms with van der Waals surface area (Å²) >= 11 is 0. The molecule has 0 saturated heterocycles. The van der Waals surface area contributed by atoms with Gasteiger partial charge in [0.1, 0.15) is 0 Å². The summed E-state index contributed by atoms with van der Waals surface area (Å²) in [6.07, 6.45) is 15.0. The summed E-state index contributed by atoms with van der Waals surface area (Å²) in [5.41, 5.74) is 0. The summed E-state index contributed by atoms with van der Waals surface area (Å²) in [5, 5.41) is 3.10. The zero-order chi connectivity index (χ0) is 16.5. The topological polar surface area (TPSA) is 32.3 Å². The average Bonchev–Trinajstić information content (AvgIpc) is 2.53. The molecule has 1 N–H and O–H groups in total. The monoisotopic (exact) mass is 312 g/mol. The zero-order valence-corrected chi connectivity index (χ0v) is 15.5. The first kappa shape index (κ1) is 21.3. The molecular formula is C19H40N2O. The maximum absolute atomic E-state index is 12.2. The smallest absolute Gasteiger partial charge is 0.317 e. The van der Waals surface area contributed by atoms with Crippen LogP contribution in [0.25, 0.3) is 0 Å². The molecule has 0 unspecified atom stereocenters. The summed E-state index contributed by atoms with van der Waals surface area (Å²) in [6.45, 7) is 9.25. The lowest BCUT2D eigenvalue weighted by atomic mass is 10.1. The molecule has 0 radical (unpaired) electrons. The maximum Gasteiger partial charge on any atom is 0.317 e. The van der Waals surface area contributed by atoms with Crippen molar-refractivity contribution >= 4 is 6.03 Å². The predicted octanol–water partition coefficient (Wildman–Crippen LogP) is 5.74. The molecule has 0 aromatic heterocycles. The molecule has 0 atom stereocenters. The third-order valence-electron chi connectivity index (χ3n) is 4.16. The molecule has 132 valence electrons. The SMILES string of the molecule is CCCCCCCCCCNC(=O)N(CCCC)CCCC. The molecule has 0 heterocycles. The highest BCUT2D eigenvalue weighted by molar-refractivity contribution is 5.74. The van der Waals surface area contributed by atoms with E-state index in [1.54, 1.807) is 0 Å².